The lowest BCUT2D eigenvalue weighted by atomic mass is 10.0. The molecular weight excluding hydrogens is 214 g/mol. The summed E-state index contributed by atoms with van der Waals surface area (Å²) in [4.78, 5) is 2.54. The highest BCUT2D eigenvalue weighted by Crippen LogP contribution is 2.16. The summed E-state index contributed by atoms with van der Waals surface area (Å²) in [7, 11) is 1.73. The summed E-state index contributed by atoms with van der Waals surface area (Å²) in [6, 6.07) is 2.88. The fourth-order valence-electron chi connectivity index (χ4n) is 2.39. The number of nitriles is 1. The van der Waals surface area contributed by atoms with Crippen LogP contribution < -0.4 is 5.32 Å². The van der Waals surface area contributed by atoms with Gasteiger partial charge in [0, 0.05) is 32.7 Å². The topological polar surface area (TPSA) is 48.3 Å². The van der Waals surface area contributed by atoms with Crippen molar-refractivity contribution in [3.05, 3.63) is 0 Å². The molecular formula is C13H25N3O. The lowest BCUT2D eigenvalue weighted by Crippen LogP contribution is -2.46. The molecule has 4 nitrogen and oxygen atoms in total. The Balaban J connectivity index is 2.20. The zero-order valence-electron chi connectivity index (χ0n) is 11.0. The molecule has 1 rings (SSSR count). The van der Waals surface area contributed by atoms with Gasteiger partial charge in [0.05, 0.1) is 12.7 Å². The first-order valence-electron chi connectivity index (χ1n) is 6.69. The van der Waals surface area contributed by atoms with Gasteiger partial charge in [-0.15, -0.1) is 0 Å². The largest absolute Gasteiger partial charge is 0.383 e. The molecule has 1 fully saturated rings. The standard InChI is InChI=1S/C13H25N3O/c1-17-11-8-15-12-13-6-2-4-9-16(13)10-5-3-7-14/h13,15H,2-6,8-12H2,1H3. The van der Waals surface area contributed by atoms with Crippen molar-refractivity contribution in [3.8, 4) is 6.07 Å². The monoisotopic (exact) mass is 239 g/mol. The first-order chi connectivity index (χ1) is 8.38. The van der Waals surface area contributed by atoms with Crippen molar-refractivity contribution in [3.63, 3.8) is 0 Å². The number of rotatable bonds is 8. The maximum absolute atomic E-state index is 8.57. The van der Waals surface area contributed by atoms with E-state index in [4.69, 9.17) is 10.00 Å². The van der Waals surface area contributed by atoms with Gasteiger partial charge in [-0.1, -0.05) is 6.42 Å². The molecule has 1 saturated heterocycles. The number of ether oxygens (including phenoxy) is 1. The van der Waals surface area contributed by atoms with E-state index in [1.807, 2.05) is 0 Å². The lowest BCUT2D eigenvalue weighted by Gasteiger charge is -2.35. The summed E-state index contributed by atoms with van der Waals surface area (Å²) >= 11 is 0. The number of piperidine rings is 1. The summed E-state index contributed by atoms with van der Waals surface area (Å²) in [6.45, 7) is 5.03. The minimum absolute atomic E-state index is 0.652. The van der Waals surface area contributed by atoms with E-state index in [1.54, 1.807) is 7.11 Å². The molecule has 0 aromatic rings. The van der Waals surface area contributed by atoms with E-state index in [-0.39, 0.29) is 0 Å². The van der Waals surface area contributed by atoms with Crippen molar-refractivity contribution in [2.45, 2.75) is 38.1 Å². The molecule has 1 atom stereocenters. The van der Waals surface area contributed by atoms with Gasteiger partial charge < -0.3 is 10.1 Å². The van der Waals surface area contributed by atoms with E-state index in [2.05, 4.69) is 16.3 Å². The highest BCUT2D eigenvalue weighted by atomic mass is 16.5. The van der Waals surface area contributed by atoms with Gasteiger partial charge in [-0.3, -0.25) is 4.90 Å². The number of methoxy groups -OCH3 is 1. The van der Waals surface area contributed by atoms with Crippen molar-refractivity contribution in [2.75, 3.05) is 39.9 Å². The Kier molecular flexibility index (Phi) is 7.98. The molecule has 0 spiro atoms. The molecule has 0 aromatic carbocycles. The second-order valence-electron chi connectivity index (χ2n) is 4.64. The van der Waals surface area contributed by atoms with Gasteiger partial charge >= 0.3 is 0 Å². The van der Waals surface area contributed by atoms with E-state index in [0.717, 1.165) is 32.7 Å². The van der Waals surface area contributed by atoms with Crippen molar-refractivity contribution >= 4 is 0 Å². The third-order valence-electron chi connectivity index (χ3n) is 3.35. The fourth-order valence-corrected chi connectivity index (χ4v) is 2.39. The number of hydrogen-bond donors (Lipinski definition) is 1. The molecule has 1 N–H and O–H groups in total. The smallest absolute Gasteiger partial charge is 0.0622 e. The molecule has 0 radical (unpaired) electrons. The van der Waals surface area contributed by atoms with Crippen molar-refractivity contribution in [2.24, 2.45) is 0 Å². The molecule has 0 bridgehead atoms. The quantitative estimate of drug-likeness (QED) is 0.650. The van der Waals surface area contributed by atoms with Crippen LogP contribution in [0.1, 0.15) is 32.1 Å². The Bertz CT molecular complexity index is 227. The van der Waals surface area contributed by atoms with Crippen LogP contribution in [0.4, 0.5) is 0 Å². The summed E-state index contributed by atoms with van der Waals surface area (Å²) in [5.74, 6) is 0. The predicted octanol–water partition coefficient (Wildman–Crippen LogP) is 1.38. The summed E-state index contributed by atoms with van der Waals surface area (Å²) in [5, 5.41) is 12.0. The average molecular weight is 239 g/mol. The minimum atomic E-state index is 0.652. The van der Waals surface area contributed by atoms with Crippen LogP contribution in [-0.2, 0) is 4.74 Å². The number of nitrogens with one attached hydrogen (secondary N) is 1. The molecule has 0 amide bonds. The molecule has 0 saturated carbocycles. The Morgan fingerprint density at radius 3 is 3.12 bits per heavy atom. The van der Waals surface area contributed by atoms with E-state index in [0.29, 0.717) is 12.5 Å². The van der Waals surface area contributed by atoms with Gasteiger partial charge in [0.15, 0.2) is 0 Å². The summed E-state index contributed by atoms with van der Waals surface area (Å²) in [6.07, 6.45) is 5.62. The van der Waals surface area contributed by atoms with Gasteiger partial charge in [-0.05, 0) is 32.4 Å². The Labute approximate surface area is 105 Å². The van der Waals surface area contributed by atoms with Crippen molar-refractivity contribution in [1.29, 1.82) is 5.26 Å². The summed E-state index contributed by atoms with van der Waals surface area (Å²) < 4.78 is 5.03. The molecule has 1 aliphatic rings. The maximum Gasteiger partial charge on any atom is 0.0622 e. The highest BCUT2D eigenvalue weighted by Gasteiger charge is 2.21. The van der Waals surface area contributed by atoms with Crippen LogP contribution in [-0.4, -0.2) is 50.8 Å². The second-order valence-corrected chi connectivity index (χ2v) is 4.64. The van der Waals surface area contributed by atoms with Crippen LogP contribution >= 0.6 is 0 Å². The Hall–Kier alpha value is -0.630. The van der Waals surface area contributed by atoms with Gasteiger partial charge in [0.2, 0.25) is 0 Å². The van der Waals surface area contributed by atoms with Gasteiger partial charge in [-0.25, -0.2) is 0 Å². The molecule has 0 aliphatic carbocycles. The minimum Gasteiger partial charge on any atom is -0.383 e. The first kappa shape index (κ1) is 14.4. The van der Waals surface area contributed by atoms with Gasteiger partial charge in [0.25, 0.3) is 0 Å². The zero-order chi connectivity index (χ0) is 12.3. The van der Waals surface area contributed by atoms with Gasteiger partial charge in [-0.2, -0.15) is 5.26 Å². The lowest BCUT2D eigenvalue weighted by molar-refractivity contribution is 0.139. The normalized spacial score (nSPS) is 21.3. The zero-order valence-corrected chi connectivity index (χ0v) is 11.0. The van der Waals surface area contributed by atoms with E-state index >= 15 is 0 Å². The van der Waals surface area contributed by atoms with Crippen LogP contribution in [0.2, 0.25) is 0 Å². The first-order valence-corrected chi connectivity index (χ1v) is 6.69. The molecule has 1 unspecified atom stereocenters. The fraction of sp³-hybridized carbons (Fsp3) is 0.923. The third-order valence-corrected chi connectivity index (χ3v) is 3.35. The van der Waals surface area contributed by atoms with Crippen molar-refractivity contribution in [1.82, 2.24) is 10.2 Å². The third kappa shape index (κ3) is 6.02. The number of nitrogens with zero attached hydrogens (tertiary/aromatic N) is 2. The van der Waals surface area contributed by atoms with E-state index in [1.165, 1.54) is 25.8 Å². The van der Waals surface area contributed by atoms with Crippen LogP contribution in [0.5, 0.6) is 0 Å². The molecule has 1 aliphatic heterocycles. The SMILES string of the molecule is COCCNCC1CCCCN1CCCC#N. The molecule has 4 heteroatoms. The molecule has 0 aromatic heterocycles. The average Bonchev–Trinajstić information content (AvgIpc) is 2.36. The van der Waals surface area contributed by atoms with Crippen molar-refractivity contribution < 1.29 is 4.74 Å². The van der Waals surface area contributed by atoms with Gasteiger partial charge in [0.1, 0.15) is 0 Å². The number of unbranched alkanes of at least 4 members (excludes halogenated alkanes) is 1. The Morgan fingerprint density at radius 1 is 1.47 bits per heavy atom. The molecule has 1 heterocycles. The summed E-state index contributed by atoms with van der Waals surface area (Å²) in [5.41, 5.74) is 0. The molecule has 98 valence electrons. The van der Waals surface area contributed by atoms with Crippen LogP contribution in [0.25, 0.3) is 0 Å². The van der Waals surface area contributed by atoms with Crippen LogP contribution in [0, 0.1) is 11.3 Å². The number of hydrogen-bond acceptors (Lipinski definition) is 4. The van der Waals surface area contributed by atoms with Crippen LogP contribution in [0.3, 0.4) is 0 Å². The Morgan fingerprint density at radius 2 is 2.35 bits per heavy atom. The van der Waals surface area contributed by atoms with E-state index < -0.39 is 0 Å². The van der Waals surface area contributed by atoms with Crippen LogP contribution in [0.15, 0.2) is 0 Å². The number of likely N-dealkylation sites (tertiary alicyclic amines) is 1. The second kappa shape index (κ2) is 9.41. The maximum atomic E-state index is 8.57. The molecule has 17 heavy (non-hydrogen) atoms. The predicted molar refractivity (Wildman–Crippen MR) is 68.8 cm³/mol. The van der Waals surface area contributed by atoms with E-state index in [9.17, 15) is 0 Å². The highest BCUT2D eigenvalue weighted by molar-refractivity contribution is 4.80.